The number of nitrogens with one attached hydrogen (secondary N) is 1. The van der Waals surface area contributed by atoms with Gasteiger partial charge in [-0.25, -0.2) is 0 Å². The standard InChI is InChI=1S/C22H26N4O2S/c1-5-26-21(17(4)28-19-11-7-9-16(3)13-19)24-25-22(26)29-14-20(27)23-18-10-6-8-15(2)12-18/h6-13,17H,5,14H2,1-4H3,(H,23,27). The van der Waals surface area contributed by atoms with E-state index in [0.717, 1.165) is 28.4 Å². The summed E-state index contributed by atoms with van der Waals surface area (Å²) < 4.78 is 8.03. The van der Waals surface area contributed by atoms with E-state index in [4.69, 9.17) is 4.74 Å². The van der Waals surface area contributed by atoms with Crippen molar-refractivity contribution in [2.45, 2.75) is 45.5 Å². The SMILES string of the molecule is CCn1c(SCC(=O)Nc2cccc(C)c2)nnc1C(C)Oc1cccc(C)c1. The number of hydrogen-bond donors (Lipinski definition) is 1. The average Bonchev–Trinajstić information content (AvgIpc) is 3.09. The maximum Gasteiger partial charge on any atom is 0.234 e. The minimum atomic E-state index is -0.250. The monoisotopic (exact) mass is 410 g/mol. The smallest absolute Gasteiger partial charge is 0.234 e. The van der Waals surface area contributed by atoms with Gasteiger partial charge in [-0.1, -0.05) is 36.0 Å². The van der Waals surface area contributed by atoms with Crippen LogP contribution in [0, 0.1) is 13.8 Å². The predicted molar refractivity (Wildman–Crippen MR) is 116 cm³/mol. The van der Waals surface area contributed by atoms with Gasteiger partial charge in [0.2, 0.25) is 5.91 Å². The Balaban J connectivity index is 1.63. The topological polar surface area (TPSA) is 69.0 Å². The van der Waals surface area contributed by atoms with Crippen LogP contribution in [0.4, 0.5) is 5.69 Å². The van der Waals surface area contributed by atoms with E-state index in [-0.39, 0.29) is 17.8 Å². The number of aryl methyl sites for hydroxylation is 2. The summed E-state index contributed by atoms with van der Waals surface area (Å²) in [5.74, 6) is 1.74. The Morgan fingerprint density at radius 2 is 1.86 bits per heavy atom. The molecule has 1 aromatic heterocycles. The molecule has 6 nitrogen and oxygen atoms in total. The molecule has 0 fully saturated rings. The number of aromatic nitrogens is 3. The van der Waals surface area contributed by atoms with Gasteiger partial charge in [0.25, 0.3) is 0 Å². The molecule has 0 saturated carbocycles. The second-order valence-electron chi connectivity index (χ2n) is 6.87. The first-order valence-corrected chi connectivity index (χ1v) is 10.6. The molecule has 29 heavy (non-hydrogen) atoms. The molecular weight excluding hydrogens is 384 g/mol. The molecule has 1 unspecified atom stereocenters. The van der Waals surface area contributed by atoms with Crippen molar-refractivity contribution >= 4 is 23.4 Å². The quantitative estimate of drug-likeness (QED) is 0.541. The molecule has 0 bridgehead atoms. The molecule has 1 atom stereocenters. The van der Waals surface area contributed by atoms with Gasteiger partial charge in [-0.3, -0.25) is 4.79 Å². The third-order valence-corrected chi connectivity index (χ3v) is 5.33. The minimum absolute atomic E-state index is 0.0723. The number of ether oxygens (including phenoxy) is 1. The lowest BCUT2D eigenvalue weighted by Gasteiger charge is -2.16. The van der Waals surface area contributed by atoms with Crippen molar-refractivity contribution in [3.8, 4) is 5.75 Å². The summed E-state index contributed by atoms with van der Waals surface area (Å²) in [5, 5.41) is 12.2. The lowest BCUT2D eigenvalue weighted by atomic mass is 10.2. The minimum Gasteiger partial charge on any atom is -0.483 e. The van der Waals surface area contributed by atoms with E-state index in [0.29, 0.717) is 11.7 Å². The average molecular weight is 411 g/mol. The number of carbonyl (C=O) groups excluding carboxylic acids is 1. The maximum absolute atomic E-state index is 12.3. The summed E-state index contributed by atoms with van der Waals surface area (Å²) in [6, 6.07) is 15.7. The van der Waals surface area contributed by atoms with Gasteiger partial charge in [0.1, 0.15) is 5.75 Å². The van der Waals surface area contributed by atoms with Crippen LogP contribution in [-0.4, -0.2) is 26.4 Å². The first-order chi connectivity index (χ1) is 14.0. The summed E-state index contributed by atoms with van der Waals surface area (Å²) in [6.45, 7) is 8.71. The molecule has 1 heterocycles. The number of amides is 1. The van der Waals surface area contributed by atoms with Gasteiger partial charge < -0.3 is 14.6 Å². The highest BCUT2D eigenvalue weighted by atomic mass is 32.2. The third-order valence-electron chi connectivity index (χ3n) is 4.36. The van der Waals surface area contributed by atoms with Crippen LogP contribution in [0.25, 0.3) is 0 Å². The Kier molecular flexibility index (Phi) is 6.93. The number of rotatable bonds is 8. The maximum atomic E-state index is 12.3. The zero-order valence-electron chi connectivity index (χ0n) is 17.2. The van der Waals surface area contributed by atoms with Crippen molar-refractivity contribution in [2.24, 2.45) is 0 Å². The van der Waals surface area contributed by atoms with Gasteiger partial charge in [-0.05, 0) is 63.1 Å². The van der Waals surface area contributed by atoms with Crippen LogP contribution in [0.2, 0.25) is 0 Å². The lowest BCUT2D eigenvalue weighted by molar-refractivity contribution is -0.113. The number of benzene rings is 2. The van der Waals surface area contributed by atoms with Gasteiger partial charge >= 0.3 is 0 Å². The summed E-state index contributed by atoms with van der Waals surface area (Å²) in [5.41, 5.74) is 3.05. The summed E-state index contributed by atoms with van der Waals surface area (Å²) in [4.78, 5) is 12.3. The number of nitrogens with zero attached hydrogens (tertiary/aromatic N) is 3. The third kappa shape index (κ3) is 5.60. The summed E-state index contributed by atoms with van der Waals surface area (Å²) in [7, 11) is 0. The second-order valence-corrected chi connectivity index (χ2v) is 7.81. The fourth-order valence-electron chi connectivity index (χ4n) is 3.00. The molecule has 2 aromatic carbocycles. The molecule has 0 radical (unpaired) electrons. The van der Waals surface area contributed by atoms with Crippen molar-refractivity contribution in [3.63, 3.8) is 0 Å². The molecule has 1 amide bonds. The molecule has 3 rings (SSSR count). The largest absolute Gasteiger partial charge is 0.483 e. The van der Waals surface area contributed by atoms with Crippen LogP contribution in [0.1, 0.15) is 36.9 Å². The van der Waals surface area contributed by atoms with E-state index in [9.17, 15) is 4.79 Å². The Hall–Kier alpha value is -2.80. The molecule has 0 aliphatic carbocycles. The molecule has 0 saturated heterocycles. The van der Waals surface area contributed by atoms with E-state index >= 15 is 0 Å². The Bertz CT molecular complexity index is 986. The summed E-state index contributed by atoms with van der Waals surface area (Å²) in [6.07, 6.45) is -0.250. The zero-order valence-corrected chi connectivity index (χ0v) is 18.0. The fraction of sp³-hybridized carbons (Fsp3) is 0.318. The van der Waals surface area contributed by atoms with Gasteiger partial charge in [-0.15, -0.1) is 10.2 Å². The van der Waals surface area contributed by atoms with Crippen molar-refractivity contribution in [2.75, 3.05) is 11.1 Å². The normalized spacial score (nSPS) is 11.9. The van der Waals surface area contributed by atoms with Gasteiger partial charge in [0.05, 0.1) is 5.75 Å². The highest BCUT2D eigenvalue weighted by Gasteiger charge is 2.19. The molecule has 0 aliphatic heterocycles. The summed E-state index contributed by atoms with van der Waals surface area (Å²) >= 11 is 1.37. The zero-order chi connectivity index (χ0) is 20.8. The fourth-order valence-corrected chi connectivity index (χ4v) is 3.81. The Labute approximate surface area is 175 Å². The van der Waals surface area contributed by atoms with E-state index in [2.05, 4.69) is 15.5 Å². The molecule has 152 valence electrons. The highest BCUT2D eigenvalue weighted by Crippen LogP contribution is 2.25. The van der Waals surface area contributed by atoms with Crippen LogP contribution in [0.15, 0.2) is 53.7 Å². The Morgan fingerprint density at radius 3 is 2.55 bits per heavy atom. The van der Waals surface area contributed by atoms with Gasteiger partial charge in [-0.2, -0.15) is 0 Å². The first kappa shape index (κ1) is 20.9. The van der Waals surface area contributed by atoms with Crippen LogP contribution in [-0.2, 0) is 11.3 Å². The van der Waals surface area contributed by atoms with Crippen LogP contribution >= 0.6 is 11.8 Å². The molecular formula is C22H26N4O2S. The second kappa shape index (κ2) is 9.60. The van der Waals surface area contributed by atoms with Gasteiger partial charge in [0, 0.05) is 12.2 Å². The number of hydrogen-bond acceptors (Lipinski definition) is 5. The molecule has 0 aliphatic rings. The van der Waals surface area contributed by atoms with E-state index in [1.807, 2.05) is 80.8 Å². The van der Waals surface area contributed by atoms with Crippen molar-refractivity contribution < 1.29 is 9.53 Å². The Morgan fingerprint density at radius 1 is 1.14 bits per heavy atom. The number of anilines is 1. The predicted octanol–water partition coefficient (Wildman–Crippen LogP) is 4.79. The van der Waals surface area contributed by atoms with Crippen molar-refractivity contribution in [1.82, 2.24) is 14.8 Å². The van der Waals surface area contributed by atoms with E-state index in [1.54, 1.807) is 0 Å². The van der Waals surface area contributed by atoms with Crippen LogP contribution in [0.3, 0.4) is 0 Å². The van der Waals surface area contributed by atoms with Crippen molar-refractivity contribution in [3.05, 3.63) is 65.5 Å². The molecule has 3 aromatic rings. The van der Waals surface area contributed by atoms with Gasteiger partial charge in [0.15, 0.2) is 17.1 Å². The number of carbonyl (C=O) groups is 1. The molecule has 7 heteroatoms. The lowest BCUT2D eigenvalue weighted by Crippen LogP contribution is -2.15. The molecule has 0 spiro atoms. The van der Waals surface area contributed by atoms with Crippen molar-refractivity contribution in [1.29, 1.82) is 0 Å². The highest BCUT2D eigenvalue weighted by molar-refractivity contribution is 7.99. The number of thioether (sulfide) groups is 1. The van der Waals surface area contributed by atoms with E-state index in [1.165, 1.54) is 11.8 Å². The first-order valence-electron chi connectivity index (χ1n) is 9.62. The van der Waals surface area contributed by atoms with Crippen LogP contribution < -0.4 is 10.1 Å². The molecule has 1 N–H and O–H groups in total. The van der Waals surface area contributed by atoms with Crippen LogP contribution in [0.5, 0.6) is 5.75 Å². The van der Waals surface area contributed by atoms with E-state index < -0.39 is 0 Å².